The van der Waals surface area contributed by atoms with Crippen LogP contribution in [0, 0.1) is 0 Å². The molecule has 1 fully saturated rings. The monoisotopic (exact) mass is 238 g/mol. The average Bonchev–Trinajstić information content (AvgIpc) is 2.74. The highest BCUT2D eigenvalue weighted by atomic mass is 16.3. The summed E-state index contributed by atoms with van der Waals surface area (Å²) < 4.78 is 1.70. The quantitative estimate of drug-likeness (QED) is 0.810. The highest BCUT2D eigenvalue weighted by Gasteiger charge is 2.32. The zero-order valence-electron chi connectivity index (χ0n) is 10.6. The van der Waals surface area contributed by atoms with Gasteiger partial charge in [-0.1, -0.05) is 0 Å². The van der Waals surface area contributed by atoms with E-state index < -0.39 is 6.10 Å². The van der Waals surface area contributed by atoms with Gasteiger partial charge in [-0.2, -0.15) is 5.10 Å². The van der Waals surface area contributed by atoms with Crippen molar-refractivity contribution in [3.05, 3.63) is 12.4 Å². The molecule has 1 saturated heterocycles. The number of rotatable bonds is 4. The van der Waals surface area contributed by atoms with Crippen LogP contribution in [-0.2, 0) is 6.54 Å². The molecule has 5 nitrogen and oxygen atoms in total. The summed E-state index contributed by atoms with van der Waals surface area (Å²) in [6, 6.07) is 0. The number of β-amino-alcohol motifs (C(OH)–C–C–N with tert-alkyl or cyclic N) is 1. The summed E-state index contributed by atoms with van der Waals surface area (Å²) in [6.07, 6.45) is 5.37. The van der Waals surface area contributed by atoms with E-state index in [0.717, 1.165) is 6.54 Å². The maximum absolute atomic E-state index is 10.1. The normalized spacial score (nSPS) is 21.8. The van der Waals surface area contributed by atoms with E-state index in [-0.39, 0.29) is 5.54 Å². The molecule has 0 bridgehead atoms. The van der Waals surface area contributed by atoms with Gasteiger partial charge >= 0.3 is 0 Å². The van der Waals surface area contributed by atoms with Crippen LogP contribution in [-0.4, -0.2) is 44.5 Å². The molecule has 0 amide bonds. The molecule has 1 aliphatic heterocycles. The third kappa shape index (κ3) is 2.98. The SMILES string of the molecule is CC1(C)CCCN1CC(O)Cn1cc(N)cn1. The lowest BCUT2D eigenvalue weighted by atomic mass is 10.0. The van der Waals surface area contributed by atoms with Crippen LogP contribution in [0.5, 0.6) is 0 Å². The van der Waals surface area contributed by atoms with Gasteiger partial charge in [-0.15, -0.1) is 0 Å². The van der Waals surface area contributed by atoms with Gasteiger partial charge in [0, 0.05) is 18.3 Å². The fraction of sp³-hybridized carbons (Fsp3) is 0.750. The lowest BCUT2D eigenvalue weighted by Gasteiger charge is -2.33. The third-order valence-corrected chi connectivity index (χ3v) is 3.55. The molecule has 5 heteroatoms. The summed E-state index contributed by atoms with van der Waals surface area (Å²) in [5.41, 5.74) is 6.44. The van der Waals surface area contributed by atoms with Crippen LogP contribution in [0.25, 0.3) is 0 Å². The molecule has 0 radical (unpaired) electrons. The van der Waals surface area contributed by atoms with Crippen molar-refractivity contribution in [2.75, 3.05) is 18.8 Å². The molecule has 0 spiro atoms. The smallest absolute Gasteiger partial charge is 0.0862 e. The van der Waals surface area contributed by atoms with E-state index >= 15 is 0 Å². The second-order valence-corrected chi connectivity index (χ2v) is 5.51. The molecular weight excluding hydrogens is 216 g/mol. The van der Waals surface area contributed by atoms with Gasteiger partial charge in [0.15, 0.2) is 0 Å². The van der Waals surface area contributed by atoms with Crippen LogP contribution in [0.15, 0.2) is 12.4 Å². The van der Waals surface area contributed by atoms with E-state index in [4.69, 9.17) is 5.73 Å². The molecule has 3 N–H and O–H groups in total. The van der Waals surface area contributed by atoms with Gasteiger partial charge in [0.05, 0.1) is 24.5 Å². The number of nitrogen functional groups attached to an aromatic ring is 1. The van der Waals surface area contributed by atoms with Crippen molar-refractivity contribution in [1.29, 1.82) is 0 Å². The number of hydrogen-bond acceptors (Lipinski definition) is 4. The van der Waals surface area contributed by atoms with Gasteiger partial charge < -0.3 is 10.8 Å². The van der Waals surface area contributed by atoms with Crippen LogP contribution in [0.4, 0.5) is 5.69 Å². The first kappa shape index (κ1) is 12.4. The molecule has 1 atom stereocenters. The second kappa shape index (κ2) is 4.66. The van der Waals surface area contributed by atoms with Crippen LogP contribution < -0.4 is 5.73 Å². The molecule has 0 aliphatic carbocycles. The van der Waals surface area contributed by atoms with E-state index in [1.165, 1.54) is 12.8 Å². The van der Waals surface area contributed by atoms with Crippen LogP contribution in [0.2, 0.25) is 0 Å². The Morgan fingerprint density at radius 3 is 2.82 bits per heavy atom. The number of aliphatic hydroxyl groups excluding tert-OH is 1. The van der Waals surface area contributed by atoms with Gasteiger partial charge in [-0.3, -0.25) is 9.58 Å². The lowest BCUT2D eigenvalue weighted by Crippen LogP contribution is -2.43. The number of nitrogens with zero attached hydrogens (tertiary/aromatic N) is 3. The number of aromatic nitrogens is 2. The Morgan fingerprint density at radius 1 is 1.53 bits per heavy atom. The fourth-order valence-corrected chi connectivity index (χ4v) is 2.51. The molecule has 96 valence electrons. The zero-order valence-corrected chi connectivity index (χ0v) is 10.6. The Bertz CT molecular complexity index is 374. The van der Waals surface area contributed by atoms with E-state index in [1.54, 1.807) is 17.1 Å². The van der Waals surface area contributed by atoms with Gasteiger partial charge in [0.2, 0.25) is 0 Å². The van der Waals surface area contributed by atoms with Crippen molar-refractivity contribution in [1.82, 2.24) is 14.7 Å². The molecule has 1 unspecified atom stereocenters. The second-order valence-electron chi connectivity index (χ2n) is 5.51. The maximum atomic E-state index is 10.1. The third-order valence-electron chi connectivity index (χ3n) is 3.55. The maximum Gasteiger partial charge on any atom is 0.0862 e. The van der Waals surface area contributed by atoms with Crippen molar-refractivity contribution < 1.29 is 5.11 Å². The standard InChI is InChI=1S/C12H22N4O/c1-12(2)4-3-5-15(12)8-11(17)9-16-7-10(13)6-14-16/h6-7,11,17H,3-5,8-9,13H2,1-2H3. The Kier molecular flexibility index (Phi) is 3.40. The summed E-state index contributed by atoms with van der Waals surface area (Å²) in [7, 11) is 0. The first-order valence-corrected chi connectivity index (χ1v) is 6.18. The van der Waals surface area contributed by atoms with E-state index in [2.05, 4.69) is 23.8 Å². The summed E-state index contributed by atoms with van der Waals surface area (Å²) in [5, 5.41) is 14.1. The molecule has 0 aromatic carbocycles. The Morgan fingerprint density at radius 2 is 2.29 bits per heavy atom. The summed E-state index contributed by atoms with van der Waals surface area (Å²) >= 11 is 0. The van der Waals surface area contributed by atoms with Crippen LogP contribution in [0.3, 0.4) is 0 Å². The number of likely N-dealkylation sites (tertiary alicyclic amines) is 1. The summed E-state index contributed by atoms with van der Waals surface area (Å²) in [5.74, 6) is 0. The Labute approximate surface area is 102 Å². The van der Waals surface area contributed by atoms with Gasteiger partial charge in [0.1, 0.15) is 0 Å². The molecular formula is C12H22N4O. The minimum Gasteiger partial charge on any atom is -0.396 e. The van der Waals surface area contributed by atoms with Crippen molar-refractivity contribution >= 4 is 5.69 Å². The summed E-state index contributed by atoms with van der Waals surface area (Å²) in [4.78, 5) is 2.35. The van der Waals surface area contributed by atoms with Gasteiger partial charge in [0.25, 0.3) is 0 Å². The lowest BCUT2D eigenvalue weighted by molar-refractivity contribution is 0.0655. The highest BCUT2D eigenvalue weighted by Crippen LogP contribution is 2.28. The minimum absolute atomic E-state index is 0.212. The predicted molar refractivity (Wildman–Crippen MR) is 67.5 cm³/mol. The largest absolute Gasteiger partial charge is 0.396 e. The number of hydrogen-bond donors (Lipinski definition) is 2. The fourth-order valence-electron chi connectivity index (χ4n) is 2.51. The molecule has 1 aromatic heterocycles. The molecule has 17 heavy (non-hydrogen) atoms. The molecule has 1 aromatic rings. The Balaban J connectivity index is 1.87. The molecule has 2 heterocycles. The molecule has 2 rings (SSSR count). The van der Waals surface area contributed by atoms with Crippen molar-refractivity contribution in [2.45, 2.75) is 44.9 Å². The number of nitrogens with two attached hydrogens (primary N) is 1. The average molecular weight is 238 g/mol. The van der Waals surface area contributed by atoms with Gasteiger partial charge in [-0.25, -0.2) is 0 Å². The van der Waals surface area contributed by atoms with Crippen LogP contribution >= 0.6 is 0 Å². The van der Waals surface area contributed by atoms with Crippen molar-refractivity contribution in [3.8, 4) is 0 Å². The predicted octanol–water partition coefficient (Wildman–Crippen LogP) is 0.701. The first-order valence-electron chi connectivity index (χ1n) is 6.18. The minimum atomic E-state index is -0.397. The Hall–Kier alpha value is -1.07. The van der Waals surface area contributed by atoms with Gasteiger partial charge in [-0.05, 0) is 33.2 Å². The zero-order chi connectivity index (χ0) is 12.5. The number of aliphatic hydroxyl groups is 1. The van der Waals surface area contributed by atoms with E-state index in [9.17, 15) is 5.11 Å². The topological polar surface area (TPSA) is 67.3 Å². The summed E-state index contributed by atoms with van der Waals surface area (Å²) in [6.45, 7) is 6.75. The van der Waals surface area contributed by atoms with E-state index in [1.807, 2.05) is 0 Å². The molecule has 1 aliphatic rings. The first-order chi connectivity index (χ1) is 7.97. The molecule has 0 saturated carbocycles. The number of anilines is 1. The highest BCUT2D eigenvalue weighted by molar-refractivity contribution is 5.30. The van der Waals surface area contributed by atoms with E-state index in [0.29, 0.717) is 18.8 Å². The van der Waals surface area contributed by atoms with Crippen molar-refractivity contribution in [2.24, 2.45) is 0 Å². The van der Waals surface area contributed by atoms with Crippen molar-refractivity contribution in [3.63, 3.8) is 0 Å². The van der Waals surface area contributed by atoms with Crippen LogP contribution in [0.1, 0.15) is 26.7 Å².